The minimum absolute atomic E-state index is 0.154. The number of hydrogen-bond donors (Lipinski definition) is 1. The van der Waals surface area contributed by atoms with Crippen molar-refractivity contribution >= 4 is 33.2 Å². The lowest BCUT2D eigenvalue weighted by Crippen LogP contribution is -2.42. The highest BCUT2D eigenvalue weighted by Gasteiger charge is 2.39. The largest absolute Gasteiger partial charge is 0.381 e. The zero-order valence-corrected chi connectivity index (χ0v) is 13.3. The molecule has 2 nitrogen and oxygen atoms in total. The molecule has 1 saturated carbocycles. The van der Waals surface area contributed by atoms with Gasteiger partial charge in [0.1, 0.15) is 0 Å². The normalized spacial score (nSPS) is 25.7. The SMILES string of the molecule is Clc1ccc(Br)c(NC2CCOC3(CCCC3)C2)c1. The third kappa shape index (κ3) is 3.09. The summed E-state index contributed by atoms with van der Waals surface area (Å²) in [6.07, 6.45) is 7.26. The predicted molar refractivity (Wildman–Crippen MR) is 82.9 cm³/mol. The van der Waals surface area contributed by atoms with Gasteiger partial charge in [-0.2, -0.15) is 0 Å². The van der Waals surface area contributed by atoms with E-state index >= 15 is 0 Å². The van der Waals surface area contributed by atoms with Gasteiger partial charge in [-0.25, -0.2) is 0 Å². The van der Waals surface area contributed by atoms with Crippen LogP contribution in [0.3, 0.4) is 0 Å². The summed E-state index contributed by atoms with van der Waals surface area (Å²) >= 11 is 9.65. The molecule has 0 amide bonds. The van der Waals surface area contributed by atoms with Crippen LogP contribution in [-0.4, -0.2) is 18.2 Å². The number of benzene rings is 1. The van der Waals surface area contributed by atoms with Crippen molar-refractivity contribution in [1.82, 2.24) is 0 Å². The van der Waals surface area contributed by atoms with Crippen molar-refractivity contribution in [2.45, 2.75) is 50.2 Å². The lowest BCUT2D eigenvalue weighted by molar-refractivity contribution is -0.0767. The van der Waals surface area contributed by atoms with Gasteiger partial charge in [0.05, 0.1) is 11.3 Å². The van der Waals surface area contributed by atoms with Crippen LogP contribution in [0.5, 0.6) is 0 Å². The van der Waals surface area contributed by atoms with E-state index in [4.69, 9.17) is 16.3 Å². The summed E-state index contributed by atoms with van der Waals surface area (Å²) < 4.78 is 7.14. The Hall–Kier alpha value is -0.250. The van der Waals surface area contributed by atoms with Gasteiger partial charge >= 0.3 is 0 Å². The van der Waals surface area contributed by atoms with Crippen molar-refractivity contribution in [3.63, 3.8) is 0 Å². The van der Waals surface area contributed by atoms with E-state index in [0.29, 0.717) is 6.04 Å². The Labute approximate surface area is 128 Å². The Bertz CT molecular complexity index is 459. The van der Waals surface area contributed by atoms with Gasteiger partial charge in [-0.15, -0.1) is 0 Å². The van der Waals surface area contributed by atoms with Crippen LogP contribution in [0.2, 0.25) is 5.02 Å². The standard InChI is InChI=1S/C15H19BrClNO/c16-13-4-3-11(17)9-14(13)18-12-5-8-19-15(10-12)6-1-2-7-15/h3-4,9,12,18H,1-2,5-8,10H2. The summed E-state index contributed by atoms with van der Waals surface area (Å²) in [6.45, 7) is 0.871. The van der Waals surface area contributed by atoms with Gasteiger partial charge < -0.3 is 10.1 Å². The smallest absolute Gasteiger partial charge is 0.0702 e. The van der Waals surface area contributed by atoms with E-state index in [-0.39, 0.29) is 5.60 Å². The van der Waals surface area contributed by atoms with E-state index in [1.165, 1.54) is 25.7 Å². The van der Waals surface area contributed by atoms with Gasteiger partial charge in [0.25, 0.3) is 0 Å². The maximum Gasteiger partial charge on any atom is 0.0702 e. The third-order valence-corrected chi connectivity index (χ3v) is 5.22. The van der Waals surface area contributed by atoms with E-state index in [0.717, 1.165) is 34.6 Å². The van der Waals surface area contributed by atoms with Crippen molar-refractivity contribution in [1.29, 1.82) is 0 Å². The first-order chi connectivity index (χ1) is 9.17. The lowest BCUT2D eigenvalue weighted by Gasteiger charge is -2.39. The molecule has 1 spiro atoms. The highest BCUT2D eigenvalue weighted by Crippen LogP contribution is 2.41. The second-order valence-corrected chi connectivity index (χ2v) is 6.99. The number of rotatable bonds is 2. The fourth-order valence-corrected chi connectivity index (χ4v) is 3.88. The minimum Gasteiger partial charge on any atom is -0.381 e. The van der Waals surface area contributed by atoms with E-state index in [1.807, 2.05) is 18.2 Å². The van der Waals surface area contributed by atoms with Crippen LogP contribution in [0.4, 0.5) is 5.69 Å². The average Bonchev–Trinajstić information content (AvgIpc) is 2.82. The Kier molecular flexibility index (Phi) is 4.06. The number of anilines is 1. The van der Waals surface area contributed by atoms with Gasteiger partial charge in [0.2, 0.25) is 0 Å². The van der Waals surface area contributed by atoms with Gasteiger partial charge in [-0.3, -0.25) is 0 Å². The summed E-state index contributed by atoms with van der Waals surface area (Å²) in [5, 5.41) is 4.40. The molecule has 0 radical (unpaired) electrons. The van der Waals surface area contributed by atoms with Crippen LogP contribution < -0.4 is 5.32 Å². The fraction of sp³-hybridized carbons (Fsp3) is 0.600. The summed E-state index contributed by atoms with van der Waals surface area (Å²) in [7, 11) is 0. The zero-order valence-electron chi connectivity index (χ0n) is 10.9. The molecule has 1 saturated heterocycles. The molecule has 104 valence electrons. The molecule has 0 aromatic heterocycles. The summed E-state index contributed by atoms with van der Waals surface area (Å²) in [5.41, 5.74) is 1.24. The maximum atomic E-state index is 6.07. The molecule has 1 aromatic carbocycles. The first-order valence-corrected chi connectivity index (χ1v) is 8.20. The van der Waals surface area contributed by atoms with Crippen molar-refractivity contribution < 1.29 is 4.74 Å². The van der Waals surface area contributed by atoms with Crippen LogP contribution in [-0.2, 0) is 4.74 Å². The second-order valence-electron chi connectivity index (χ2n) is 5.70. The van der Waals surface area contributed by atoms with E-state index in [9.17, 15) is 0 Å². The second kappa shape index (κ2) is 5.63. The molecular weight excluding hydrogens is 326 g/mol. The molecule has 3 rings (SSSR count). The molecule has 1 aliphatic carbocycles. The Balaban J connectivity index is 1.70. The zero-order chi connectivity index (χ0) is 13.3. The first-order valence-electron chi connectivity index (χ1n) is 7.02. The summed E-state index contributed by atoms with van der Waals surface area (Å²) in [6, 6.07) is 6.37. The van der Waals surface area contributed by atoms with Crippen LogP contribution in [0, 0.1) is 0 Å². The molecule has 1 N–H and O–H groups in total. The van der Waals surface area contributed by atoms with Crippen molar-refractivity contribution in [2.75, 3.05) is 11.9 Å². The Morgan fingerprint density at radius 1 is 1.32 bits per heavy atom. The van der Waals surface area contributed by atoms with E-state index < -0.39 is 0 Å². The Morgan fingerprint density at radius 2 is 2.11 bits per heavy atom. The molecule has 1 unspecified atom stereocenters. The number of halogens is 2. The summed E-state index contributed by atoms with van der Waals surface area (Å²) in [5.74, 6) is 0. The molecule has 1 heterocycles. The molecule has 4 heteroatoms. The lowest BCUT2D eigenvalue weighted by atomic mass is 9.89. The van der Waals surface area contributed by atoms with Crippen LogP contribution in [0.15, 0.2) is 22.7 Å². The summed E-state index contributed by atoms with van der Waals surface area (Å²) in [4.78, 5) is 0. The van der Waals surface area contributed by atoms with Crippen LogP contribution >= 0.6 is 27.5 Å². The third-order valence-electron chi connectivity index (χ3n) is 4.30. The highest BCUT2D eigenvalue weighted by molar-refractivity contribution is 9.10. The Morgan fingerprint density at radius 3 is 2.89 bits per heavy atom. The van der Waals surface area contributed by atoms with Crippen molar-refractivity contribution in [3.8, 4) is 0 Å². The molecule has 1 aliphatic heterocycles. The molecule has 0 bridgehead atoms. The highest BCUT2D eigenvalue weighted by atomic mass is 79.9. The predicted octanol–water partition coefficient (Wildman–Crippen LogP) is 5.01. The molecular formula is C15H19BrClNO. The number of hydrogen-bond acceptors (Lipinski definition) is 2. The van der Waals surface area contributed by atoms with Crippen LogP contribution in [0.1, 0.15) is 38.5 Å². The fourth-order valence-electron chi connectivity index (χ4n) is 3.35. The minimum atomic E-state index is 0.154. The molecule has 1 atom stereocenters. The first kappa shape index (κ1) is 13.7. The topological polar surface area (TPSA) is 21.3 Å². The molecule has 2 fully saturated rings. The number of ether oxygens (including phenoxy) is 1. The van der Waals surface area contributed by atoms with Crippen molar-refractivity contribution in [3.05, 3.63) is 27.7 Å². The van der Waals surface area contributed by atoms with E-state index in [1.54, 1.807) is 0 Å². The monoisotopic (exact) mass is 343 g/mol. The maximum absolute atomic E-state index is 6.07. The van der Waals surface area contributed by atoms with Gasteiger partial charge in [0, 0.05) is 22.1 Å². The quantitative estimate of drug-likeness (QED) is 0.814. The molecule has 1 aromatic rings. The average molecular weight is 345 g/mol. The van der Waals surface area contributed by atoms with Gasteiger partial charge in [0.15, 0.2) is 0 Å². The molecule has 2 aliphatic rings. The van der Waals surface area contributed by atoms with E-state index in [2.05, 4.69) is 21.2 Å². The van der Waals surface area contributed by atoms with Gasteiger partial charge in [-0.1, -0.05) is 24.4 Å². The van der Waals surface area contributed by atoms with Crippen LogP contribution in [0.25, 0.3) is 0 Å². The number of nitrogens with one attached hydrogen (secondary N) is 1. The van der Waals surface area contributed by atoms with Gasteiger partial charge in [-0.05, 0) is 59.8 Å². The van der Waals surface area contributed by atoms with Crippen molar-refractivity contribution in [2.24, 2.45) is 0 Å². The molecule has 19 heavy (non-hydrogen) atoms.